The number of hydrogen-bond donors (Lipinski definition) is 1. The zero-order valence-corrected chi connectivity index (χ0v) is 9.31. The minimum Gasteiger partial charge on any atom is -0.430 e. The van der Waals surface area contributed by atoms with Crippen molar-refractivity contribution in [3.8, 4) is 0 Å². The molecule has 0 spiro atoms. The number of rotatable bonds is 5. The average molecular weight is 240 g/mol. The van der Waals surface area contributed by atoms with Gasteiger partial charge in [-0.1, -0.05) is 6.92 Å². The number of carbonyl (C=O) groups is 1. The number of carbonyl (C=O) groups excluding carboxylic acids is 1. The molecule has 0 aromatic heterocycles. The van der Waals surface area contributed by atoms with E-state index in [1.807, 2.05) is 0 Å². The van der Waals surface area contributed by atoms with Gasteiger partial charge in [-0.3, -0.25) is 9.05 Å². The van der Waals surface area contributed by atoms with Gasteiger partial charge in [-0.15, -0.1) is 0 Å². The molecule has 1 aliphatic heterocycles. The highest BCUT2D eigenvalue weighted by atomic mass is 31.2. The van der Waals surface area contributed by atoms with E-state index < -0.39 is 26.2 Å². The van der Waals surface area contributed by atoms with Crippen molar-refractivity contribution in [2.75, 3.05) is 13.7 Å². The highest BCUT2D eigenvalue weighted by Crippen LogP contribution is 2.44. The molecule has 7 nitrogen and oxygen atoms in total. The molecule has 0 aromatic carbocycles. The fraction of sp³-hybridized carbons (Fsp3) is 0.857. The Bertz CT molecular complexity index is 279. The SMILES string of the molecule is CCC(OP(=O)(O)OC)C1COC(=O)O1. The fourth-order valence-electron chi connectivity index (χ4n) is 1.14. The minimum absolute atomic E-state index is 0.0149. The predicted molar refractivity (Wildman–Crippen MR) is 48.2 cm³/mol. The lowest BCUT2D eigenvalue weighted by Gasteiger charge is -2.21. The van der Waals surface area contributed by atoms with Crippen molar-refractivity contribution >= 4 is 14.0 Å². The molecule has 3 atom stereocenters. The van der Waals surface area contributed by atoms with Gasteiger partial charge in [0, 0.05) is 7.11 Å². The van der Waals surface area contributed by atoms with Crippen LogP contribution in [0.2, 0.25) is 0 Å². The average Bonchev–Trinajstić information content (AvgIpc) is 2.61. The van der Waals surface area contributed by atoms with Gasteiger partial charge in [0.2, 0.25) is 0 Å². The van der Waals surface area contributed by atoms with Crippen molar-refractivity contribution in [2.24, 2.45) is 0 Å². The Balaban J connectivity index is 2.56. The predicted octanol–water partition coefficient (Wildman–Crippen LogP) is 1.06. The minimum atomic E-state index is -4.07. The molecular formula is C7H13O7P. The Morgan fingerprint density at radius 2 is 2.40 bits per heavy atom. The van der Waals surface area contributed by atoms with Gasteiger partial charge in [0.25, 0.3) is 0 Å². The monoisotopic (exact) mass is 240 g/mol. The molecule has 0 aliphatic carbocycles. The Hall–Kier alpha value is -0.620. The van der Waals surface area contributed by atoms with Crippen LogP contribution in [0, 0.1) is 0 Å². The lowest BCUT2D eigenvalue weighted by molar-refractivity contribution is 0.0233. The van der Waals surface area contributed by atoms with E-state index in [-0.39, 0.29) is 6.61 Å². The summed E-state index contributed by atoms with van der Waals surface area (Å²) in [7, 11) is -3.00. The van der Waals surface area contributed by atoms with E-state index >= 15 is 0 Å². The first-order chi connectivity index (χ1) is 6.98. The topological polar surface area (TPSA) is 91.3 Å². The standard InChI is InChI=1S/C7H13O7P/c1-3-5(14-15(9,10)11-2)6-4-12-7(8)13-6/h5-6H,3-4H2,1-2H3,(H,9,10). The van der Waals surface area contributed by atoms with E-state index in [4.69, 9.17) is 14.2 Å². The van der Waals surface area contributed by atoms with Gasteiger partial charge >= 0.3 is 14.0 Å². The first-order valence-electron chi connectivity index (χ1n) is 4.39. The molecule has 1 aliphatic rings. The summed E-state index contributed by atoms with van der Waals surface area (Å²) in [6.45, 7) is 1.74. The van der Waals surface area contributed by atoms with Crippen LogP contribution in [-0.4, -0.2) is 37.0 Å². The Morgan fingerprint density at radius 1 is 1.73 bits per heavy atom. The van der Waals surface area contributed by atoms with Gasteiger partial charge in [0.1, 0.15) is 12.7 Å². The molecule has 1 heterocycles. The van der Waals surface area contributed by atoms with Gasteiger partial charge in [-0.25, -0.2) is 9.36 Å². The number of phosphoric acid groups is 1. The zero-order valence-electron chi connectivity index (χ0n) is 8.41. The lowest BCUT2D eigenvalue weighted by Crippen LogP contribution is -2.29. The number of hydrogen-bond acceptors (Lipinski definition) is 6. The van der Waals surface area contributed by atoms with Crippen LogP contribution in [0.3, 0.4) is 0 Å². The summed E-state index contributed by atoms with van der Waals surface area (Å²) in [6.07, 6.45) is -1.78. The molecule has 0 aromatic rings. The van der Waals surface area contributed by atoms with E-state index in [9.17, 15) is 9.36 Å². The lowest BCUT2D eigenvalue weighted by atomic mass is 10.2. The van der Waals surface area contributed by atoms with E-state index in [0.29, 0.717) is 6.42 Å². The Morgan fingerprint density at radius 3 is 2.80 bits per heavy atom. The quantitative estimate of drug-likeness (QED) is 0.567. The van der Waals surface area contributed by atoms with Gasteiger partial charge in [0.05, 0.1) is 0 Å². The molecule has 0 radical (unpaired) electrons. The van der Waals surface area contributed by atoms with Crippen LogP contribution < -0.4 is 0 Å². The molecule has 0 bridgehead atoms. The van der Waals surface area contributed by atoms with Crippen LogP contribution in [0.15, 0.2) is 0 Å². The van der Waals surface area contributed by atoms with Crippen LogP contribution in [0.25, 0.3) is 0 Å². The molecular weight excluding hydrogens is 227 g/mol. The third-order valence-electron chi connectivity index (χ3n) is 1.93. The summed E-state index contributed by atoms with van der Waals surface area (Å²) in [6, 6.07) is 0. The largest absolute Gasteiger partial charge is 0.508 e. The maximum Gasteiger partial charge on any atom is 0.508 e. The Kier molecular flexibility index (Phi) is 4.10. The maximum absolute atomic E-state index is 11.1. The number of cyclic esters (lactones) is 2. The smallest absolute Gasteiger partial charge is 0.430 e. The van der Waals surface area contributed by atoms with Crippen LogP contribution >= 0.6 is 7.82 Å². The van der Waals surface area contributed by atoms with Crippen LogP contribution in [0.4, 0.5) is 4.79 Å². The van der Waals surface area contributed by atoms with Crippen molar-refractivity contribution in [2.45, 2.75) is 25.6 Å². The van der Waals surface area contributed by atoms with Gasteiger partial charge < -0.3 is 14.4 Å². The second-order valence-electron chi connectivity index (χ2n) is 2.92. The molecule has 1 saturated heterocycles. The first-order valence-corrected chi connectivity index (χ1v) is 5.88. The van der Waals surface area contributed by atoms with Crippen molar-refractivity contribution in [1.29, 1.82) is 0 Å². The van der Waals surface area contributed by atoms with E-state index in [2.05, 4.69) is 9.26 Å². The van der Waals surface area contributed by atoms with Crippen molar-refractivity contribution < 1.29 is 32.8 Å². The molecule has 1 fully saturated rings. The highest BCUT2D eigenvalue weighted by molar-refractivity contribution is 7.47. The summed E-state index contributed by atoms with van der Waals surface area (Å²) < 4.78 is 29.5. The van der Waals surface area contributed by atoms with Gasteiger partial charge in [-0.05, 0) is 6.42 Å². The summed E-state index contributed by atoms with van der Waals surface area (Å²) in [5, 5.41) is 0. The number of phosphoric ester groups is 1. The number of ether oxygens (including phenoxy) is 2. The van der Waals surface area contributed by atoms with Crippen LogP contribution in [0.1, 0.15) is 13.3 Å². The van der Waals surface area contributed by atoms with Gasteiger partial charge in [0.15, 0.2) is 6.10 Å². The second-order valence-corrected chi connectivity index (χ2v) is 4.43. The summed E-state index contributed by atoms with van der Waals surface area (Å²) >= 11 is 0. The molecule has 0 saturated carbocycles. The van der Waals surface area contributed by atoms with Crippen molar-refractivity contribution in [1.82, 2.24) is 0 Å². The third kappa shape index (κ3) is 3.46. The molecule has 88 valence electrons. The zero-order chi connectivity index (χ0) is 11.5. The molecule has 1 rings (SSSR count). The summed E-state index contributed by atoms with van der Waals surface area (Å²) in [5.74, 6) is 0. The Labute approximate surface area is 86.9 Å². The molecule has 15 heavy (non-hydrogen) atoms. The van der Waals surface area contributed by atoms with E-state index in [0.717, 1.165) is 7.11 Å². The van der Waals surface area contributed by atoms with E-state index in [1.165, 1.54) is 0 Å². The molecule has 3 unspecified atom stereocenters. The third-order valence-corrected chi connectivity index (χ3v) is 2.93. The van der Waals surface area contributed by atoms with Crippen LogP contribution in [-0.2, 0) is 23.1 Å². The summed E-state index contributed by atoms with van der Waals surface area (Å²) in [5.41, 5.74) is 0. The molecule has 1 N–H and O–H groups in total. The summed E-state index contributed by atoms with van der Waals surface area (Å²) in [4.78, 5) is 19.7. The van der Waals surface area contributed by atoms with Gasteiger partial charge in [-0.2, -0.15) is 0 Å². The van der Waals surface area contributed by atoms with Crippen molar-refractivity contribution in [3.05, 3.63) is 0 Å². The van der Waals surface area contributed by atoms with Crippen molar-refractivity contribution in [3.63, 3.8) is 0 Å². The highest BCUT2D eigenvalue weighted by Gasteiger charge is 2.36. The maximum atomic E-state index is 11.1. The first kappa shape index (κ1) is 12.4. The second kappa shape index (κ2) is 4.94. The van der Waals surface area contributed by atoms with Crippen LogP contribution in [0.5, 0.6) is 0 Å². The molecule has 8 heteroatoms. The fourth-order valence-corrected chi connectivity index (χ4v) is 1.86. The molecule has 0 amide bonds. The van der Waals surface area contributed by atoms with E-state index in [1.54, 1.807) is 6.92 Å². The normalized spacial score (nSPS) is 26.6.